The lowest BCUT2D eigenvalue weighted by Gasteiger charge is -2.35. The van der Waals surface area contributed by atoms with Gasteiger partial charge in [0.25, 0.3) is 0 Å². The van der Waals surface area contributed by atoms with E-state index >= 15 is 0 Å². The van der Waals surface area contributed by atoms with Crippen molar-refractivity contribution in [2.75, 3.05) is 18.0 Å². The maximum Gasteiger partial charge on any atom is 0.240 e. The molecule has 3 rings (SSSR count). The Hall–Kier alpha value is -1.62. The van der Waals surface area contributed by atoms with Gasteiger partial charge < -0.3 is 16.0 Å². The minimum atomic E-state index is -0.624. The Kier molecular flexibility index (Phi) is 3.38. The Morgan fingerprint density at radius 2 is 2.25 bits per heavy atom. The largest absolute Gasteiger partial charge is 0.369 e. The zero-order valence-corrected chi connectivity index (χ0v) is 11.4. The molecular formula is C15H20FN3O. The van der Waals surface area contributed by atoms with E-state index in [-0.39, 0.29) is 17.8 Å². The Morgan fingerprint density at radius 3 is 2.95 bits per heavy atom. The minimum absolute atomic E-state index is 0.0383. The summed E-state index contributed by atoms with van der Waals surface area (Å²) in [5, 5.41) is 3.04. The van der Waals surface area contributed by atoms with E-state index in [4.69, 9.17) is 5.73 Å². The molecule has 1 atom stereocenters. The van der Waals surface area contributed by atoms with Crippen LogP contribution in [0.15, 0.2) is 24.3 Å². The van der Waals surface area contributed by atoms with E-state index in [2.05, 4.69) is 10.2 Å². The molecule has 0 aromatic heterocycles. The standard InChI is InChI=1S/C15H20FN3O/c16-11-3-1-5-13(9-11)19-8-2-4-12(10-19)18-14(20)15(17)6-7-15/h1,3,5,9,12H,2,4,6-8,10,17H2,(H,18,20). The molecule has 3 N–H and O–H groups in total. The second-order valence-electron chi connectivity index (χ2n) is 5.89. The van der Waals surface area contributed by atoms with Gasteiger partial charge in [-0.25, -0.2) is 4.39 Å². The molecule has 1 aliphatic heterocycles. The lowest BCUT2D eigenvalue weighted by atomic mass is 10.0. The molecule has 1 saturated carbocycles. The van der Waals surface area contributed by atoms with Crippen LogP contribution in [0.3, 0.4) is 0 Å². The van der Waals surface area contributed by atoms with E-state index in [0.29, 0.717) is 6.54 Å². The number of carbonyl (C=O) groups is 1. The van der Waals surface area contributed by atoms with Gasteiger partial charge in [-0.1, -0.05) is 6.07 Å². The third-order valence-corrected chi connectivity index (χ3v) is 4.17. The van der Waals surface area contributed by atoms with Crippen LogP contribution in [-0.2, 0) is 4.79 Å². The van der Waals surface area contributed by atoms with Crippen molar-refractivity contribution in [2.45, 2.75) is 37.3 Å². The molecule has 1 aromatic carbocycles. The van der Waals surface area contributed by atoms with Gasteiger partial charge in [-0.15, -0.1) is 0 Å². The van der Waals surface area contributed by atoms with Gasteiger partial charge in [0.2, 0.25) is 5.91 Å². The van der Waals surface area contributed by atoms with Crippen LogP contribution >= 0.6 is 0 Å². The topological polar surface area (TPSA) is 58.4 Å². The molecule has 0 spiro atoms. The summed E-state index contributed by atoms with van der Waals surface area (Å²) in [6, 6.07) is 6.69. The first-order chi connectivity index (χ1) is 9.57. The molecule has 1 saturated heterocycles. The fraction of sp³-hybridized carbons (Fsp3) is 0.533. The maximum absolute atomic E-state index is 13.3. The van der Waals surface area contributed by atoms with E-state index in [1.54, 1.807) is 6.07 Å². The zero-order chi connectivity index (χ0) is 14.2. The number of anilines is 1. The van der Waals surface area contributed by atoms with Crippen LogP contribution < -0.4 is 16.0 Å². The number of carbonyl (C=O) groups excluding carboxylic acids is 1. The van der Waals surface area contributed by atoms with Crippen LogP contribution in [0.5, 0.6) is 0 Å². The minimum Gasteiger partial charge on any atom is -0.369 e. The summed E-state index contributed by atoms with van der Waals surface area (Å²) in [5.74, 6) is -0.267. The van der Waals surface area contributed by atoms with E-state index in [1.807, 2.05) is 6.07 Å². The highest BCUT2D eigenvalue weighted by atomic mass is 19.1. The smallest absolute Gasteiger partial charge is 0.240 e. The molecule has 1 aromatic rings. The summed E-state index contributed by atoms with van der Waals surface area (Å²) >= 11 is 0. The van der Waals surface area contributed by atoms with Crippen molar-refractivity contribution in [3.63, 3.8) is 0 Å². The van der Waals surface area contributed by atoms with Crippen molar-refractivity contribution in [1.29, 1.82) is 0 Å². The fourth-order valence-corrected chi connectivity index (χ4v) is 2.69. The van der Waals surface area contributed by atoms with Crippen molar-refractivity contribution in [3.8, 4) is 0 Å². The van der Waals surface area contributed by atoms with E-state index in [0.717, 1.165) is 37.9 Å². The highest BCUT2D eigenvalue weighted by Gasteiger charge is 2.46. The zero-order valence-electron chi connectivity index (χ0n) is 11.4. The van der Waals surface area contributed by atoms with E-state index in [9.17, 15) is 9.18 Å². The molecule has 108 valence electrons. The molecule has 5 heteroatoms. The molecule has 0 bridgehead atoms. The lowest BCUT2D eigenvalue weighted by molar-refractivity contribution is -0.124. The number of nitrogens with zero attached hydrogens (tertiary/aromatic N) is 1. The third kappa shape index (κ3) is 2.77. The van der Waals surface area contributed by atoms with Gasteiger partial charge in [-0.05, 0) is 43.9 Å². The lowest BCUT2D eigenvalue weighted by Crippen LogP contribution is -2.53. The summed E-state index contributed by atoms with van der Waals surface area (Å²) in [6.07, 6.45) is 3.49. The van der Waals surface area contributed by atoms with Crippen molar-refractivity contribution < 1.29 is 9.18 Å². The van der Waals surface area contributed by atoms with Gasteiger partial charge in [0.05, 0.1) is 5.54 Å². The second-order valence-corrected chi connectivity index (χ2v) is 5.89. The third-order valence-electron chi connectivity index (χ3n) is 4.17. The summed E-state index contributed by atoms with van der Waals surface area (Å²) in [7, 11) is 0. The molecule has 2 fully saturated rings. The number of hydrogen-bond donors (Lipinski definition) is 2. The van der Waals surface area contributed by atoms with Crippen molar-refractivity contribution in [3.05, 3.63) is 30.1 Å². The number of benzene rings is 1. The number of nitrogens with two attached hydrogens (primary N) is 1. The molecular weight excluding hydrogens is 257 g/mol. The van der Waals surface area contributed by atoms with Gasteiger partial charge >= 0.3 is 0 Å². The van der Waals surface area contributed by atoms with Crippen molar-refractivity contribution in [1.82, 2.24) is 5.32 Å². The van der Waals surface area contributed by atoms with Crippen molar-refractivity contribution >= 4 is 11.6 Å². The first-order valence-corrected chi connectivity index (χ1v) is 7.17. The van der Waals surface area contributed by atoms with Crippen molar-refractivity contribution in [2.24, 2.45) is 5.73 Å². The molecule has 1 heterocycles. The Balaban J connectivity index is 1.63. The van der Waals surface area contributed by atoms with Crippen LogP contribution in [0.25, 0.3) is 0 Å². The summed E-state index contributed by atoms with van der Waals surface area (Å²) in [6.45, 7) is 1.61. The maximum atomic E-state index is 13.3. The van der Waals surface area contributed by atoms with Gasteiger partial charge in [0, 0.05) is 24.8 Å². The van der Waals surface area contributed by atoms with E-state index in [1.165, 1.54) is 12.1 Å². The molecule has 0 radical (unpaired) electrons. The van der Waals surface area contributed by atoms with Crippen LogP contribution in [-0.4, -0.2) is 30.6 Å². The first-order valence-electron chi connectivity index (χ1n) is 7.17. The summed E-state index contributed by atoms with van der Waals surface area (Å²) in [4.78, 5) is 14.1. The van der Waals surface area contributed by atoms with Gasteiger partial charge in [-0.2, -0.15) is 0 Å². The fourth-order valence-electron chi connectivity index (χ4n) is 2.69. The second kappa shape index (κ2) is 5.05. The predicted octanol–water partition coefficient (Wildman–Crippen LogP) is 1.40. The molecule has 2 aliphatic rings. The number of halogens is 1. The number of amides is 1. The van der Waals surface area contributed by atoms with Crippen LogP contribution in [0.2, 0.25) is 0 Å². The molecule has 20 heavy (non-hydrogen) atoms. The Bertz CT molecular complexity index is 516. The highest BCUT2D eigenvalue weighted by Crippen LogP contribution is 2.32. The number of piperidine rings is 1. The molecule has 1 unspecified atom stereocenters. The van der Waals surface area contributed by atoms with Crippen LogP contribution in [0.1, 0.15) is 25.7 Å². The van der Waals surface area contributed by atoms with Crippen LogP contribution in [0, 0.1) is 5.82 Å². The van der Waals surface area contributed by atoms with Crippen LogP contribution in [0.4, 0.5) is 10.1 Å². The van der Waals surface area contributed by atoms with E-state index < -0.39 is 5.54 Å². The number of rotatable bonds is 3. The normalized spacial score (nSPS) is 24.3. The van der Waals surface area contributed by atoms with Gasteiger partial charge in [0.1, 0.15) is 5.82 Å². The average Bonchev–Trinajstić information content (AvgIpc) is 3.18. The number of nitrogens with one attached hydrogen (secondary N) is 1. The summed E-state index contributed by atoms with van der Waals surface area (Å²) in [5.41, 5.74) is 6.15. The predicted molar refractivity (Wildman–Crippen MR) is 75.9 cm³/mol. The quantitative estimate of drug-likeness (QED) is 0.878. The van der Waals surface area contributed by atoms with Gasteiger partial charge in [-0.3, -0.25) is 4.79 Å². The SMILES string of the molecule is NC1(C(=O)NC2CCCN(c3cccc(F)c3)C2)CC1. The average molecular weight is 277 g/mol. The molecule has 1 aliphatic carbocycles. The van der Waals surface area contributed by atoms with Gasteiger partial charge in [0.15, 0.2) is 0 Å². The number of hydrogen-bond acceptors (Lipinski definition) is 3. The molecule has 4 nitrogen and oxygen atoms in total. The Labute approximate surface area is 118 Å². The first kappa shape index (κ1) is 13.4. The summed E-state index contributed by atoms with van der Waals surface area (Å²) < 4.78 is 13.3. The Morgan fingerprint density at radius 1 is 1.45 bits per heavy atom. The monoisotopic (exact) mass is 277 g/mol. The highest BCUT2D eigenvalue weighted by molar-refractivity contribution is 5.89. The molecule has 1 amide bonds.